The summed E-state index contributed by atoms with van der Waals surface area (Å²) in [5.74, 6) is 0.932. The van der Waals surface area contributed by atoms with Crippen LogP contribution in [0.5, 0.6) is 0 Å². The van der Waals surface area contributed by atoms with Gasteiger partial charge in [-0.2, -0.15) is 0 Å². The van der Waals surface area contributed by atoms with E-state index in [4.69, 9.17) is 10.9 Å². The van der Waals surface area contributed by atoms with Gasteiger partial charge in [0.2, 0.25) is 0 Å². The number of nitrogens with two attached hydrogens (primary N) is 1. The van der Waals surface area contributed by atoms with Crippen LogP contribution in [0.4, 0.5) is 0 Å². The van der Waals surface area contributed by atoms with E-state index in [1.165, 1.54) is 12.8 Å². The van der Waals surface area contributed by atoms with E-state index in [0.29, 0.717) is 5.69 Å². The Labute approximate surface area is 107 Å². The summed E-state index contributed by atoms with van der Waals surface area (Å²) in [4.78, 5) is 6.57. The van der Waals surface area contributed by atoms with Crippen LogP contribution in [0.3, 0.4) is 0 Å². The van der Waals surface area contributed by atoms with Crippen molar-refractivity contribution in [1.29, 1.82) is 0 Å². The molecule has 1 fully saturated rings. The second-order valence-corrected chi connectivity index (χ2v) is 4.77. The molecule has 0 spiro atoms. The van der Waals surface area contributed by atoms with Gasteiger partial charge in [0.1, 0.15) is 5.69 Å². The fraction of sp³-hybridized carbons (Fsp3) is 0.538. The molecule has 98 valence electrons. The first-order valence-corrected chi connectivity index (χ1v) is 6.38. The number of hydrogen-bond acceptors (Lipinski definition) is 4. The number of nitrogens with zero attached hydrogens (tertiary/aromatic N) is 3. The average molecular weight is 248 g/mol. The van der Waals surface area contributed by atoms with E-state index < -0.39 is 0 Å². The van der Waals surface area contributed by atoms with Crippen molar-refractivity contribution in [2.24, 2.45) is 16.8 Å². The lowest BCUT2D eigenvalue weighted by Gasteiger charge is -2.21. The maximum absolute atomic E-state index is 8.77. The van der Waals surface area contributed by atoms with Gasteiger partial charge in [-0.3, -0.25) is 9.88 Å². The summed E-state index contributed by atoms with van der Waals surface area (Å²) >= 11 is 0. The second-order valence-electron chi connectivity index (χ2n) is 4.77. The molecule has 5 heteroatoms. The summed E-state index contributed by atoms with van der Waals surface area (Å²) in [5, 5.41) is 11.8. The number of oxime groups is 1. The van der Waals surface area contributed by atoms with Crippen molar-refractivity contribution in [3.63, 3.8) is 0 Å². The van der Waals surface area contributed by atoms with Crippen LogP contribution < -0.4 is 5.73 Å². The first-order valence-electron chi connectivity index (χ1n) is 6.38. The maximum Gasteiger partial charge on any atom is 0.189 e. The summed E-state index contributed by atoms with van der Waals surface area (Å²) in [5.41, 5.74) is 7.23. The number of amidine groups is 1. The van der Waals surface area contributed by atoms with Gasteiger partial charge >= 0.3 is 0 Å². The molecule has 0 aliphatic heterocycles. The van der Waals surface area contributed by atoms with Gasteiger partial charge in [-0.25, -0.2) is 0 Å². The van der Waals surface area contributed by atoms with Crippen LogP contribution in [0.15, 0.2) is 23.5 Å². The van der Waals surface area contributed by atoms with Crippen molar-refractivity contribution in [2.75, 3.05) is 13.1 Å². The van der Waals surface area contributed by atoms with Gasteiger partial charge in [0.05, 0.1) is 0 Å². The average Bonchev–Trinajstić information content (AvgIpc) is 3.21. The fourth-order valence-electron chi connectivity index (χ4n) is 2.06. The van der Waals surface area contributed by atoms with Crippen molar-refractivity contribution < 1.29 is 5.21 Å². The molecule has 0 atom stereocenters. The van der Waals surface area contributed by atoms with Crippen LogP contribution in [0.2, 0.25) is 0 Å². The molecule has 1 aliphatic rings. The van der Waals surface area contributed by atoms with Crippen molar-refractivity contribution in [3.05, 3.63) is 29.6 Å². The Kier molecular flexibility index (Phi) is 4.15. The SMILES string of the molecule is CCN(Cc1cccnc1C(N)=NO)CC1CC1. The molecule has 1 aliphatic carbocycles. The topological polar surface area (TPSA) is 74.7 Å². The monoisotopic (exact) mass is 248 g/mol. The molecule has 0 aromatic carbocycles. The highest BCUT2D eigenvalue weighted by atomic mass is 16.4. The van der Waals surface area contributed by atoms with Gasteiger partial charge in [0.25, 0.3) is 0 Å². The molecule has 18 heavy (non-hydrogen) atoms. The minimum absolute atomic E-state index is 0.0769. The first kappa shape index (κ1) is 12.8. The Morgan fingerprint density at radius 2 is 2.39 bits per heavy atom. The normalized spacial score (nSPS) is 16.2. The number of hydrogen-bond donors (Lipinski definition) is 2. The van der Waals surface area contributed by atoms with E-state index >= 15 is 0 Å². The lowest BCUT2D eigenvalue weighted by molar-refractivity contribution is 0.268. The van der Waals surface area contributed by atoms with E-state index in [1.807, 2.05) is 12.1 Å². The smallest absolute Gasteiger partial charge is 0.189 e. The fourth-order valence-corrected chi connectivity index (χ4v) is 2.06. The van der Waals surface area contributed by atoms with Crippen molar-refractivity contribution in [2.45, 2.75) is 26.3 Å². The standard InChI is InChI=1S/C13H20N4O/c1-2-17(8-10-5-6-10)9-11-4-3-7-15-12(11)13(14)16-18/h3-4,7,10,18H,2,5-6,8-9H2,1H3,(H2,14,16). The largest absolute Gasteiger partial charge is 0.409 e. The summed E-state index contributed by atoms with van der Waals surface area (Å²) in [6, 6.07) is 3.87. The Hall–Kier alpha value is -1.62. The van der Waals surface area contributed by atoms with E-state index in [9.17, 15) is 0 Å². The first-order chi connectivity index (χ1) is 8.74. The zero-order valence-corrected chi connectivity index (χ0v) is 10.7. The Balaban J connectivity index is 2.11. The van der Waals surface area contributed by atoms with Gasteiger partial charge < -0.3 is 10.9 Å². The molecule has 5 nitrogen and oxygen atoms in total. The summed E-state index contributed by atoms with van der Waals surface area (Å²) in [6.07, 6.45) is 4.35. The Morgan fingerprint density at radius 1 is 1.61 bits per heavy atom. The highest BCUT2D eigenvalue weighted by Gasteiger charge is 2.24. The second kappa shape index (κ2) is 5.82. The minimum atomic E-state index is 0.0769. The number of pyridine rings is 1. The van der Waals surface area contributed by atoms with Crippen molar-refractivity contribution in [3.8, 4) is 0 Å². The molecule has 0 unspecified atom stereocenters. The summed E-state index contributed by atoms with van der Waals surface area (Å²) in [7, 11) is 0. The summed E-state index contributed by atoms with van der Waals surface area (Å²) < 4.78 is 0. The summed E-state index contributed by atoms with van der Waals surface area (Å²) in [6.45, 7) is 5.08. The van der Waals surface area contributed by atoms with E-state index in [2.05, 4.69) is 22.0 Å². The molecule has 2 rings (SSSR count). The molecule has 0 radical (unpaired) electrons. The van der Waals surface area contributed by atoms with E-state index in [0.717, 1.165) is 31.1 Å². The maximum atomic E-state index is 8.77. The van der Waals surface area contributed by atoms with Crippen LogP contribution >= 0.6 is 0 Å². The third kappa shape index (κ3) is 3.20. The van der Waals surface area contributed by atoms with Crippen LogP contribution in [0, 0.1) is 5.92 Å². The third-order valence-electron chi connectivity index (χ3n) is 3.30. The molecule has 0 saturated heterocycles. The highest BCUT2D eigenvalue weighted by molar-refractivity contribution is 5.96. The minimum Gasteiger partial charge on any atom is -0.409 e. The van der Waals surface area contributed by atoms with E-state index in [1.54, 1.807) is 6.20 Å². The predicted octanol–water partition coefficient (Wildman–Crippen LogP) is 1.41. The molecule has 1 heterocycles. The lowest BCUT2D eigenvalue weighted by Crippen LogP contribution is -2.27. The lowest BCUT2D eigenvalue weighted by atomic mass is 10.1. The zero-order chi connectivity index (χ0) is 13.0. The van der Waals surface area contributed by atoms with Crippen LogP contribution in [-0.2, 0) is 6.54 Å². The van der Waals surface area contributed by atoms with Crippen molar-refractivity contribution >= 4 is 5.84 Å². The van der Waals surface area contributed by atoms with Gasteiger partial charge in [0.15, 0.2) is 5.84 Å². The van der Waals surface area contributed by atoms with Crippen molar-refractivity contribution in [1.82, 2.24) is 9.88 Å². The molecule has 1 aromatic heterocycles. The molecule has 1 aromatic rings. The predicted molar refractivity (Wildman–Crippen MR) is 70.4 cm³/mol. The quantitative estimate of drug-likeness (QED) is 0.345. The van der Waals surface area contributed by atoms with Gasteiger partial charge in [-0.15, -0.1) is 0 Å². The molecule has 1 saturated carbocycles. The molecule has 0 bridgehead atoms. The zero-order valence-electron chi connectivity index (χ0n) is 10.7. The number of rotatable bonds is 6. The van der Waals surface area contributed by atoms with Gasteiger partial charge in [-0.1, -0.05) is 18.1 Å². The van der Waals surface area contributed by atoms with E-state index in [-0.39, 0.29) is 5.84 Å². The van der Waals surface area contributed by atoms with Gasteiger partial charge in [-0.05, 0) is 36.9 Å². The molecular formula is C13H20N4O. The van der Waals surface area contributed by atoms with Crippen LogP contribution in [-0.4, -0.2) is 34.0 Å². The third-order valence-corrected chi connectivity index (χ3v) is 3.30. The Morgan fingerprint density at radius 3 is 3.00 bits per heavy atom. The molecule has 3 N–H and O–H groups in total. The highest BCUT2D eigenvalue weighted by Crippen LogP contribution is 2.30. The van der Waals surface area contributed by atoms with Crippen LogP contribution in [0.1, 0.15) is 31.0 Å². The molecular weight excluding hydrogens is 228 g/mol. The van der Waals surface area contributed by atoms with Crippen LogP contribution in [0.25, 0.3) is 0 Å². The Bertz CT molecular complexity index is 429. The molecule has 0 amide bonds. The van der Waals surface area contributed by atoms with Gasteiger partial charge in [0, 0.05) is 19.3 Å². The number of aromatic nitrogens is 1.